The molecule has 0 unspecified atom stereocenters. The van der Waals surface area contributed by atoms with Crippen molar-refractivity contribution < 1.29 is 28.9 Å². The number of nitrogens with zero attached hydrogens (tertiary/aromatic N) is 3. The predicted octanol–water partition coefficient (Wildman–Crippen LogP) is 4.03. The second-order valence-electron chi connectivity index (χ2n) is 11.7. The van der Waals surface area contributed by atoms with Gasteiger partial charge in [-0.15, -0.1) is 0 Å². The van der Waals surface area contributed by atoms with Crippen LogP contribution in [0.2, 0.25) is 0 Å². The zero-order valence-corrected chi connectivity index (χ0v) is 25.7. The number of methoxy groups -OCH3 is 2. The van der Waals surface area contributed by atoms with E-state index in [-0.39, 0.29) is 30.6 Å². The minimum absolute atomic E-state index is 0.0653. The highest BCUT2D eigenvalue weighted by Gasteiger charge is 2.42. The van der Waals surface area contributed by atoms with E-state index in [1.807, 2.05) is 64.1 Å². The molecule has 1 amide bonds. The second kappa shape index (κ2) is 14.8. The van der Waals surface area contributed by atoms with Crippen LogP contribution in [0.15, 0.2) is 60.9 Å². The Bertz CT molecular complexity index is 1370. The van der Waals surface area contributed by atoms with E-state index in [0.717, 1.165) is 41.8 Å². The number of benzene rings is 2. The number of hydrogen-bond acceptors (Lipinski definition) is 8. The van der Waals surface area contributed by atoms with Gasteiger partial charge in [0.25, 0.3) is 5.91 Å². The van der Waals surface area contributed by atoms with Crippen molar-refractivity contribution in [1.82, 2.24) is 19.8 Å². The molecule has 1 saturated heterocycles. The summed E-state index contributed by atoms with van der Waals surface area (Å²) in [6.45, 7) is 2.61. The molecule has 10 heteroatoms. The van der Waals surface area contributed by atoms with Gasteiger partial charge < -0.3 is 34.1 Å². The normalized spacial score (nSPS) is 22.0. The third-order valence-corrected chi connectivity index (χ3v) is 8.83. The van der Waals surface area contributed by atoms with Crippen molar-refractivity contribution in [1.29, 1.82) is 0 Å². The number of amides is 1. The molecular weight excluding hydrogens is 560 g/mol. The highest BCUT2D eigenvalue weighted by Crippen LogP contribution is 2.41. The van der Waals surface area contributed by atoms with E-state index >= 15 is 0 Å². The van der Waals surface area contributed by atoms with E-state index in [9.17, 15) is 14.7 Å². The second-order valence-corrected chi connectivity index (χ2v) is 11.7. The summed E-state index contributed by atoms with van der Waals surface area (Å²) in [5.41, 5.74) is 2.03. The minimum atomic E-state index is -1.04. The van der Waals surface area contributed by atoms with E-state index in [1.54, 1.807) is 13.4 Å². The fourth-order valence-electron chi connectivity index (χ4n) is 6.49. The minimum Gasteiger partial charge on any atom is -0.494 e. The van der Waals surface area contributed by atoms with Gasteiger partial charge in [0.2, 0.25) is 0 Å². The molecule has 5 rings (SSSR count). The molecule has 1 saturated carbocycles. The van der Waals surface area contributed by atoms with Crippen molar-refractivity contribution >= 4 is 11.9 Å². The van der Waals surface area contributed by atoms with Crippen molar-refractivity contribution in [2.24, 2.45) is 0 Å². The van der Waals surface area contributed by atoms with Crippen molar-refractivity contribution in [3.05, 3.63) is 72.2 Å². The molecular formula is C34H44N4O6. The number of rotatable bonds is 12. The average Bonchev–Trinajstić information content (AvgIpc) is 3.49. The molecule has 1 aliphatic heterocycles. The van der Waals surface area contributed by atoms with Gasteiger partial charge in [-0.05, 0) is 37.0 Å². The van der Waals surface area contributed by atoms with Crippen LogP contribution in [-0.2, 0) is 20.7 Å². The highest BCUT2D eigenvalue weighted by atomic mass is 16.5. The maximum Gasteiger partial charge on any atom is 0.305 e. The molecule has 236 valence electrons. The SMILES string of the molecule is COC[C@]1(O)CCCC[C@H]1n1cnc(C(=O)N2CCNC[C@H]2CCOc2ccc(CCC(=O)OC)cc2)c1-c1ccccc1. The number of aryl methyl sites for hydroxylation is 1. The first kappa shape index (κ1) is 31.7. The van der Waals surface area contributed by atoms with Gasteiger partial charge in [0.15, 0.2) is 5.69 Å². The smallest absolute Gasteiger partial charge is 0.305 e. The lowest BCUT2D eigenvalue weighted by Gasteiger charge is -2.41. The van der Waals surface area contributed by atoms with Gasteiger partial charge in [0.05, 0.1) is 38.4 Å². The lowest BCUT2D eigenvalue weighted by Crippen LogP contribution is -2.54. The van der Waals surface area contributed by atoms with Crippen LogP contribution in [0.4, 0.5) is 0 Å². The van der Waals surface area contributed by atoms with Crippen LogP contribution in [0.1, 0.15) is 60.6 Å². The molecule has 2 aromatic carbocycles. The first-order valence-corrected chi connectivity index (χ1v) is 15.6. The molecule has 2 aliphatic rings. The lowest BCUT2D eigenvalue weighted by molar-refractivity contribution is -0.140. The van der Waals surface area contributed by atoms with Crippen molar-refractivity contribution in [2.75, 3.05) is 47.1 Å². The molecule has 3 aromatic rings. The van der Waals surface area contributed by atoms with Gasteiger partial charge in [-0.2, -0.15) is 0 Å². The monoisotopic (exact) mass is 604 g/mol. The molecule has 2 fully saturated rings. The molecule has 0 spiro atoms. The molecule has 1 aliphatic carbocycles. The summed E-state index contributed by atoms with van der Waals surface area (Å²) in [5, 5.41) is 15.1. The van der Waals surface area contributed by atoms with E-state index in [0.29, 0.717) is 57.6 Å². The molecule has 3 atom stereocenters. The number of carbonyl (C=O) groups is 2. The van der Waals surface area contributed by atoms with Crippen molar-refractivity contribution in [2.45, 2.75) is 62.6 Å². The summed E-state index contributed by atoms with van der Waals surface area (Å²) in [5.74, 6) is 0.402. The number of piperazine rings is 1. The van der Waals surface area contributed by atoms with Gasteiger partial charge >= 0.3 is 5.97 Å². The number of nitrogens with one attached hydrogen (secondary N) is 1. The topological polar surface area (TPSA) is 115 Å². The first-order chi connectivity index (χ1) is 21.4. The zero-order valence-electron chi connectivity index (χ0n) is 25.7. The summed E-state index contributed by atoms with van der Waals surface area (Å²) in [4.78, 5) is 32.3. The molecule has 0 bridgehead atoms. The Morgan fingerprint density at radius 3 is 2.64 bits per heavy atom. The lowest BCUT2D eigenvalue weighted by atomic mass is 9.80. The Morgan fingerprint density at radius 2 is 1.89 bits per heavy atom. The van der Waals surface area contributed by atoms with Crippen LogP contribution in [0.3, 0.4) is 0 Å². The van der Waals surface area contributed by atoms with Crippen LogP contribution in [0.5, 0.6) is 5.75 Å². The number of imidazole rings is 1. The highest BCUT2D eigenvalue weighted by molar-refractivity contribution is 5.98. The first-order valence-electron chi connectivity index (χ1n) is 15.6. The Balaban J connectivity index is 1.32. The van der Waals surface area contributed by atoms with Crippen LogP contribution in [0.25, 0.3) is 11.3 Å². The van der Waals surface area contributed by atoms with Gasteiger partial charge in [0, 0.05) is 51.2 Å². The summed E-state index contributed by atoms with van der Waals surface area (Å²) in [6.07, 6.45) is 6.67. The molecule has 2 heterocycles. The number of carbonyl (C=O) groups excluding carboxylic acids is 2. The molecule has 0 radical (unpaired) electrons. The van der Waals surface area contributed by atoms with Gasteiger partial charge in [-0.3, -0.25) is 9.59 Å². The van der Waals surface area contributed by atoms with Gasteiger partial charge in [0.1, 0.15) is 11.4 Å². The van der Waals surface area contributed by atoms with Gasteiger partial charge in [-0.25, -0.2) is 4.98 Å². The maximum absolute atomic E-state index is 14.3. The number of ether oxygens (including phenoxy) is 3. The fraction of sp³-hybridized carbons (Fsp3) is 0.500. The Labute approximate surface area is 259 Å². The summed E-state index contributed by atoms with van der Waals surface area (Å²) in [7, 11) is 3.01. The number of esters is 1. The van der Waals surface area contributed by atoms with Crippen LogP contribution in [0, 0.1) is 0 Å². The van der Waals surface area contributed by atoms with Crippen LogP contribution in [-0.4, -0.2) is 90.1 Å². The van der Waals surface area contributed by atoms with Gasteiger partial charge in [-0.1, -0.05) is 55.3 Å². The number of hydrogen-bond donors (Lipinski definition) is 2. The summed E-state index contributed by atoms with van der Waals surface area (Å²) >= 11 is 0. The van der Waals surface area contributed by atoms with Crippen molar-refractivity contribution in [3.8, 4) is 17.0 Å². The standard InChI is InChI=1S/C34H44N4O6/c1-42-23-34(41)18-7-6-10-29(34)38-24-36-31(32(38)26-8-4-3-5-9-26)33(40)37-20-19-35-22-27(37)17-21-44-28-14-11-25(12-15-28)13-16-30(39)43-2/h3-5,8-9,11-12,14-15,24,27,29,35,41H,6-7,10,13,16-23H2,1-2H3/t27-,29-,34-/m1/s1. The van der Waals surface area contributed by atoms with E-state index in [4.69, 9.17) is 19.2 Å². The molecule has 2 N–H and O–H groups in total. The van der Waals surface area contributed by atoms with E-state index in [1.165, 1.54) is 7.11 Å². The predicted molar refractivity (Wildman–Crippen MR) is 167 cm³/mol. The van der Waals surface area contributed by atoms with E-state index < -0.39 is 5.60 Å². The third-order valence-electron chi connectivity index (χ3n) is 8.83. The number of aliphatic hydroxyl groups is 1. The average molecular weight is 605 g/mol. The van der Waals surface area contributed by atoms with E-state index in [2.05, 4.69) is 5.32 Å². The van der Waals surface area contributed by atoms with Crippen molar-refractivity contribution in [3.63, 3.8) is 0 Å². The van der Waals surface area contributed by atoms with Crippen LogP contribution < -0.4 is 10.1 Å². The Morgan fingerprint density at radius 1 is 1.09 bits per heavy atom. The number of aromatic nitrogens is 2. The Hall–Kier alpha value is -3.73. The summed E-state index contributed by atoms with van der Waals surface area (Å²) in [6, 6.07) is 17.3. The molecule has 1 aromatic heterocycles. The largest absolute Gasteiger partial charge is 0.494 e. The summed E-state index contributed by atoms with van der Waals surface area (Å²) < 4.78 is 18.2. The maximum atomic E-state index is 14.3. The Kier molecular flexibility index (Phi) is 10.7. The van der Waals surface area contributed by atoms with Crippen LogP contribution >= 0.6 is 0 Å². The quantitative estimate of drug-likeness (QED) is 0.298. The molecule has 10 nitrogen and oxygen atoms in total. The fourth-order valence-corrected chi connectivity index (χ4v) is 6.49. The third kappa shape index (κ3) is 7.31. The zero-order chi connectivity index (χ0) is 30.9. The molecule has 44 heavy (non-hydrogen) atoms.